The first-order valence-electron chi connectivity index (χ1n) is 11.4. The average molecular weight is 455 g/mol. The van der Waals surface area contributed by atoms with Gasteiger partial charge in [-0.3, -0.25) is 4.79 Å². The van der Waals surface area contributed by atoms with E-state index in [2.05, 4.69) is 0 Å². The molecule has 0 heterocycles. The van der Waals surface area contributed by atoms with Crippen LogP contribution >= 0.6 is 0 Å². The number of esters is 2. The van der Waals surface area contributed by atoms with Crippen molar-refractivity contribution in [3.05, 3.63) is 65.9 Å². The Bertz CT molecular complexity index is 868. The number of carbonyl (C=O) groups is 2. The Labute approximate surface area is 196 Å². The number of carbonyl (C=O) groups excluding carboxylic acids is 2. The zero-order valence-corrected chi connectivity index (χ0v) is 19.8. The van der Waals surface area contributed by atoms with E-state index in [-0.39, 0.29) is 5.97 Å². The lowest BCUT2D eigenvalue weighted by atomic mass is 10.1. The molecule has 0 amide bonds. The van der Waals surface area contributed by atoms with E-state index in [4.69, 9.17) is 18.9 Å². The molecule has 33 heavy (non-hydrogen) atoms. The minimum absolute atomic E-state index is 0.109. The van der Waals surface area contributed by atoms with E-state index in [1.165, 1.54) is 6.26 Å². The Kier molecular flexibility index (Phi) is 11.6. The van der Waals surface area contributed by atoms with Crippen LogP contribution < -0.4 is 9.47 Å². The number of hydrogen-bond acceptors (Lipinski definition) is 6. The molecule has 0 aliphatic heterocycles. The standard InChI is InChI=1S/C27H34O6/c1-21(2)20-26(28)32-18-7-5-4-6-17-31-25-12-8-22(9-13-25)16-19-33-27(29)23-10-14-24(30-3)15-11-23/h8-16,19,21H,4-7,17-18,20H2,1-3H3/b19-16+. The topological polar surface area (TPSA) is 71.1 Å². The molecule has 0 N–H and O–H groups in total. The molecule has 178 valence electrons. The number of unbranched alkanes of at least 4 members (excludes halogenated alkanes) is 3. The molecule has 0 atom stereocenters. The van der Waals surface area contributed by atoms with Crippen molar-refractivity contribution in [3.63, 3.8) is 0 Å². The summed E-state index contributed by atoms with van der Waals surface area (Å²) in [5, 5.41) is 0. The van der Waals surface area contributed by atoms with E-state index < -0.39 is 5.97 Å². The Hall–Kier alpha value is -3.28. The molecule has 0 saturated carbocycles. The third-order valence-electron chi connectivity index (χ3n) is 4.79. The van der Waals surface area contributed by atoms with Gasteiger partial charge >= 0.3 is 11.9 Å². The van der Waals surface area contributed by atoms with Gasteiger partial charge in [-0.25, -0.2) is 4.79 Å². The molecule has 0 aromatic heterocycles. The first-order chi connectivity index (χ1) is 16.0. The summed E-state index contributed by atoms with van der Waals surface area (Å²) in [7, 11) is 1.57. The molecule has 6 nitrogen and oxygen atoms in total. The van der Waals surface area contributed by atoms with Crippen LogP contribution in [-0.2, 0) is 14.3 Å². The van der Waals surface area contributed by atoms with Gasteiger partial charge in [0.25, 0.3) is 0 Å². The predicted octanol–water partition coefficient (Wildman–Crippen LogP) is 6.05. The first kappa shape index (κ1) is 26.0. The molecule has 2 aromatic carbocycles. The van der Waals surface area contributed by atoms with Crippen LogP contribution in [0, 0.1) is 5.92 Å². The summed E-state index contributed by atoms with van der Waals surface area (Å²) in [6.45, 7) is 5.15. The van der Waals surface area contributed by atoms with E-state index in [1.807, 2.05) is 38.1 Å². The van der Waals surface area contributed by atoms with E-state index in [9.17, 15) is 9.59 Å². The SMILES string of the molecule is COc1ccc(C(=O)O/C=C/c2ccc(OCCCCCCOC(=O)CC(C)C)cc2)cc1. The molecule has 0 unspecified atom stereocenters. The first-order valence-corrected chi connectivity index (χ1v) is 11.4. The van der Waals surface area contributed by atoms with Crippen molar-refractivity contribution < 1.29 is 28.5 Å². The minimum Gasteiger partial charge on any atom is -0.497 e. The van der Waals surface area contributed by atoms with Gasteiger partial charge < -0.3 is 18.9 Å². The number of hydrogen-bond donors (Lipinski definition) is 0. The lowest BCUT2D eigenvalue weighted by Gasteiger charge is -2.08. The van der Waals surface area contributed by atoms with Crippen LogP contribution in [0.25, 0.3) is 6.08 Å². The highest BCUT2D eigenvalue weighted by Gasteiger charge is 2.06. The number of methoxy groups -OCH3 is 1. The molecule has 0 bridgehead atoms. The van der Waals surface area contributed by atoms with Crippen molar-refractivity contribution >= 4 is 18.0 Å². The van der Waals surface area contributed by atoms with Crippen molar-refractivity contribution in [2.75, 3.05) is 20.3 Å². The highest BCUT2D eigenvalue weighted by atomic mass is 16.5. The molecule has 0 spiro atoms. The summed E-state index contributed by atoms with van der Waals surface area (Å²) in [6, 6.07) is 14.3. The zero-order chi connectivity index (χ0) is 23.9. The van der Waals surface area contributed by atoms with Crippen LogP contribution in [0.1, 0.15) is 61.9 Å². The molecule has 2 rings (SSSR count). The van der Waals surface area contributed by atoms with Crippen molar-refractivity contribution in [1.82, 2.24) is 0 Å². The minimum atomic E-state index is -0.428. The predicted molar refractivity (Wildman–Crippen MR) is 128 cm³/mol. The van der Waals surface area contributed by atoms with Crippen molar-refractivity contribution in [2.45, 2.75) is 46.0 Å². The van der Waals surface area contributed by atoms with E-state index in [0.717, 1.165) is 37.0 Å². The van der Waals surface area contributed by atoms with Gasteiger partial charge in [0.2, 0.25) is 0 Å². The largest absolute Gasteiger partial charge is 0.497 e. The highest BCUT2D eigenvalue weighted by molar-refractivity contribution is 5.90. The van der Waals surface area contributed by atoms with Gasteiger partial charge in [0.05, 0.1) is 32.1 Å². The van der Waals surface area contributed by atoms with Gasteiger partial charge in [0.1, 0.15) is 11.5 Å². The fourth-order valence-corrected chi connectivity index (χ4v) is 2.97. The van der Waals surface area contributed by atoms with Crippen LogP contribution in [0.15, 0.2) is 54.8 Å². The van der Waals surface area contributed by atoms with E-state index in [0.29, 0.717) is 36.9 Å². The second kappa shape index (κ2) is 14.7. The summed E-state index contributed by atoms with van der Waals surface area (Å²) in [5.41, 5.74) is 1.35. The fraction of sp³-hybridized carbons (Fsp3) is 0.407. The fourth-order valence-electron chi connectivity index (χ4n) is 2.97. The lowest BCUT2D eigenvalue weighted by molar-refractivity contribution is -0.144. The summed E-state index contributed by atoms with van der Waals surface area (Å²) < 4.78 is 21.2. The smallest absolute Gasteiger partial charge is 0.342 e. The van der Waals surface area contributed by atoms with Gasteiger partial charge in [-0.2, -0.15) is 0 Å². The molecule has 0 aliphatic rings. The number of ether oxygens (including phenoxy) is 4. The zero-order valence-electron chi connectivity index (χ0n) is 19.8. The van der Waals surface area contributed by atoms with Crippen LogP contribution in [0.3, 0.4) is 0 Å². The highest BCUT2D eigenvalue weighted by Crippen LogP contribution is 2.15. The Morgan fingerprint density at radius 1 is 0.848 bits per heavy atom. The van der Waals surface area contributed by atoms with Crippen molar-refractivity contribution in [1.29, 1.82) is 0 Å². The monoisotopic (exact) mass is 454 g/mol. The van der Waals surface area contributed by atoms with Crippen LogP contribution in [0.4, 0.5) is 0 Å². The molecule has 0 radical (unpaired) electrons. The number of benzene rings is 2. The van der Waals surface area contributed by atoms with Gasteiger partial charge in [-0.1, -0.05) is 26.0 Å². The second-order valence-electron chi connectivity index (χ2n) is 8.09. The lowest BCUT2D eigenvalue weighted by Crippen LogP contribution is -2.08. The molecule has 0 fully saturated rings. The molecule has 0 saturated heterocycles. The molecular weight excluding hydrogens is 420 g/mol. The van der Waals surface area contributed by atoms with Crippen LogP contribution in [0.5, 0.6) is 11.5 Å². The summed E-state index contributed by atoms with van der Waals surface area (Å²) >= 11 is 0. The summed E-state index contributed by atoms with van der Waals surface area (Å²) in [5.74, 6) is 1.28. The third-order valence-corrected chi connectivity index (χ3v) is 4.79. The van der Waals surface area contributed by atoms with Crippen LogP contribution in [0.2, 0.25) is 0 Å². The molecule has 6 heteroatoms. The van der Waals surface area contributed by atoms with Gasteiger partial charge in [-0.15, -0.1) is 0 Å². The molecule has 2 aromatic rings. The maximum Gasteiger partial charge on any atom is 0.342 e. The maximum atomic E-state index is 12.0. The second-order valence-corrected chi connectivity index (χ2v) is 8.09. The third kappa shape index (κ3) is 10.7. The Morgan fingerprint density at radius 2 is 1.48 bits per heavy atom. The normalized spacial score (nSPS) is 10.9. The Balaban J connectivity index is 1.59. The van der Waals surface area contributed by atoms with E-state index >= 15 is 0 Å². The average Bonchev–Trinajstić information content (AvgIpc) is 2.81. The van der Waals surface area contributed by atoms with Crippen molar-refractivity contribution in [3.8, 4) is 11.5 Å². The number of rotatable bonds is 14. The van der Waals surface area contributed by atoms with E-state index in [1.54, 1.807) is 37.5 Å². The summed E-state index contributed by atoms with van der Waals surface area (Å²) in [4.78, 5) is 23.5. The van der Waals surface area contributed by atoms with Gasteiger partial charge in [0, 0.05) is 6.42 Å². The van der Waals surface area contributed by atoms with Crippen molar-refractivity contribution in [2.24, 2.45) is 5.92 Å². The molecular formula is C27H34O6. The van der Waals surface area contributed by atoms with Gasteiger partial charge in [-0.05, 0) is 79.6 Å². The summed E-state index contributed by atoms with van der Waals surface area (Å²) in [6.07, 6.45) is 7.45. The molecule has 0 aliphatic carbocycles. The van der Waals surface area contributed by atoms with Crippen LogP contribution in [-0.4, -0.2) is 32.3 Å². The quantitative estimate of drug-likeness (QED) is 0.197. The Morgan fingerprint density at radius 3 is 2.12 bits per heavy atom. The maximum absolute atomic E-state index is 12.0. The van der Waals surface area contributed by atoms with Gasteiger partial charge in [0.15, 0.2) is 0 Å².